The summed E-state index contributed by atoms with van der Waals surface area (Å²) >= 11 is 0. The molecule has 0 amide bonds. The van der Waals surface area contributed by atoms with Crippen LogP contribution in [-0.4, -0.2) is 74.7 Å². The standard InChI is InChI=1S/C48H64N6O8/c1-3-4-5-11-35(42-28-39(60-31(2)55)29-43(62-42)36-25-41(57)47(58)45(26-36)59-21-17-33-10-7-18-51-30-33)22-34-14-15-40(56)44(23-34)61-38-13-6-12-37(27-38)54-48(50)53-19-8-9-32-16-20-52-46(49)24-32/h7,10,14-16,18,20,23-26,30,35,37-39,42-43,56-58H,3-6,8-9,11-13,17,19,21-22,27-29H2,1-2H3,(H2,49,52)(H3,50,53,54). The highest BCUT2D eigenvalue weighted by Crippen LogP contribution is 2.44. The molecular formula is C48H64N6O8. The van der Waals surface area contributed by atoms with Crippen LogP contribution in [0.2, 0.25) is 0 Å². The normalized spacial score (nSPS) is 20.9. The predicted molar refractivity (Wildman–Crippen MR) is 238 cm³/mol. The van der Waals surface area contributed by atoms with Crippen molar-refractivity contribution in [1.82, 2.24) is 15.3 Å². The first-order valence-electron chi connectivity index (χ1n) is 22.2. The minimum Gasteiger partial charge on any atom is -0.504 e. The van der Waals surface area contributed by atoms with Crippen molar-refractivity contribution in [2.24, 2.45) is 16.6 Å². The lowest BCUT2D eigenvalue weighted by Gasteiger charge is -2.39. The van der Waals surface area contributed by atoms with Gasteiger partial charge in [0.15, 0.2) is 29.0 Å². The number of anilines is 1. The quantitative estimate of drug-likeness (QED) is 0.0166. The van der Waals surface area contributed by atoms with Crippen LogP contribution in [0.25, 0.3) is 0 Å². The summed E-state index contributed by atoms with van der Waals surface area (Å²) in [5.74, 6) is 0.591. The van der Waals surface area contributed by atoms with Crippen LogP contribution in [0.15, 0.2) is 78.2 Å². The minimum atomic E-state index is -0.545. The molecule has 6 unspecified atom stereocenters. The van der Waals surface area contributed by atoms with Crippen LogP contribution in [0.5, 0.6) is 28.7 Å². The first-order chi connectivity index (χ1) is 30.0. The van der Waals surface area contributed by atoms with Crippen LogP contribution in [0.4, 0.5) is 5.82 Å². The fourth-order valence-electron chi connectivity index (χ4n) is 8.61. The van der Waals surface area contributed by atoms with Crippen molar-refractivity contribution in [2.75, 3.05) is 18.9 Å². The van der Waals surface area contributed by atoms with Gasteiger partial charge in [-0.3, -0.25) is 14.8 Å². The number of carbonyl (C=O) groups is 1. The monoisotopic (exact) mass is 852 g/mol. The zero-order chi connectivity index (χ0) is 43.8. The van der Waals surface area contributed by atoms with E-state index in [9.17, 15) is 20.1 Å². The van der Waals surface area contributed by atoms with E-state index in [4.69, 9.17) is 30.4 Å². The van der Waals surface area contributed by atoms with Crippen LogP contribution < -0.4 is 26.3 Å². The number of phenolic OH excluding ortho intramolecular Hbond substituents is 3. The number of carbonyl (C=O) groups excluding carboxylic acids is 1. The molecule has 2 aromatic carbocycles. The van der Waals surface area contributed by atoms with Crippen molar-refractivity contribution in [3.63, 3.8) is 0 Å². The molecule has 1 saturated carbocycles. The SMILES string of the molecule is CCCCCC(Cc1ccc(O)c(OC2CCCC(NC(N)=NCCCc3ccnc(N)c3)C2)c1)C1CC(OC(C)=O)CC(c2cc(O)c(O)c(OCCc3cccnc3)c2)O1. The first kappa shape index (κ1) is 45.8. The number of rotatable bonds is 20. The average Bonchev–Trinajstić information content (AvgIpc) is 3.25. The van der Waals surface area contributed by atoms with Gasteiger partial charge in [-0.15, -0.1) is 0 Å². The Morgan fingerprint density at radius 1 is 0.935 bits per heavy atom. The molecule has 2 aromatic heterocycles. The molecule has 1 aliphatic carbocycles. The van der Waals surface area contributed by atoms with Crippen LogP contribution >= 0.6 is 0 Å². The average molecular weight is 853 g/mol. The summed E-state index contributed by atoms with van der Waals surface area (Å²) in [4.78, 5) is 25.1. The summed E-state index contributed by atoms with van der Waals surface area (Å²) in [7, 11) is 0. The topological polar surface area (TPSA) is 217 Å². The second-order valence-corrected chi connectivity index (χ2v) is 16.7. The highest BCUT2D eigenvalue weighted by molar-refractivity contribution is 5.78. The van der Waals surface area contributed by atoms with E-state index in [1.165, 1.54) is 13.0 Å². The number of nitrogen functional groups attached to an aromatic ring is 1. The van der Waals surface area contributed by atoms with E-state index in [0.717, 1.165) is 80.9 Å². The maximum absolute atomic E-state index is 12.3. The number of pyridine rings is 2. The number of aryl methyl sites for hydroxylation is 1. The molecule has 3 heterocycles. The molecule has 14 heteroatoms. The summed E-state index contributed by atoms with van der Waals surface area (Å²) in [6.07, 6.45) is 15.0. The zero-order valence-corrected chi connectivity index (χ0v) is 36.1. The van der Waals surface area contributed by atoms with E-state index in [1.807, 2.05) is 36.4 Å². The molecule has 8 N–H and O–H groups in total. The molecule has 14 nitrogen and oxygen atoms in total. The van der Waals surface area contributed by atoms with Crippen molar-refractivity contribution >= 4 is 17.7 Å². The van der Waals surface area contributed by atoms with E-state index < -0.39 is 12.2 Å². The van der Waals surface area contributed by atoms with Gasteiger partial charge in [0.2, 0.25) is 5.75 Å². The number of aliphatic imine (C=N–C) groups is 1. The molecule has 1 aliphatic heterocycles. The molecule has 0 bridgehead atoms. The van der Waals surface area contributed by atoms with E-state index in [1.54, 1.807) is 30.7 Å². The molecule has 0 spiro atoms. The number of esters is 1. The Bertz CT molecular complexity index is 2070. The van der Waals surface area contributed by atoms with Crippen LogP contribution in [0.1, 0.15) is 113 Å². The number of hydrogen-bond acceptors (Lipinski definition) is 12. The van der Waals surface area contributed by atoms with Gasteiger partial charge in [-0.2, -0.15) is 0 Å². The lowest BCUT2D eigenvalue weighted by molar-refractivity contribution is -0.165. The van der Waals surface area contributed by atoms with Crippen LogP contribution in [0, 0.1) is 5.92 Å². The van der Waals surface area contributed by atoms with Gasteiger partial charge in [-0.1, -0.05) is 38.3 Å². The number of ether oxygens (including phenoxy) is 4. The Hall–Kier alpha value is -5.76. The Balaban J connectivity index is 1.11. The first-order valence-corrected chi connectivity index (χ1v) is 22.2. The smallest absolute Gasteiger partial charge is 0.302 e. The van der Waals surface area contributed by atoms with Gasteiger partial charge in [0.05, 0.1) is 18.8 Å². The van der Waals surface area contributed by atoms with Gasteiger partial charge < -0.3 is 51.1 Å². The van der Waals surface area contributed by atoms with Crippen molar-refractivity contribution in [3.8, 4) is 28.7 Å². The van der Waals surface area contributed by atoms with Crippen LogP contribution in [-0.2, 0) is 33.5 Å². The van der Waals surface area contributed by atoms with Gasteiger partial charge in [-0.25, -0.2) is 4.98 Å². The number of nitrogens with one attached hydrogen (secondary N) is 1. The molecule has 62 heavy (non-hydrogen) atoms. The number of hydrogen-bond donors (Lipinski definition) is 6. The van der Waals surface area contributed by atoms with Crippen molar-refractivity contribution < 1.29 is 39.1 Å². The number of benzene rings is 2. The summed E-state index contributed by atoms with van der Waals surface area (Å²) in [6.45, 7) is 4.44. The van der Waals surface area contributed by atoms with E-state index >= 15 is 0 Å². The molecule has 1 saturated heterocycles. The fourth-order valence-corrected chi connectivity index (χ4v) is 8.61. The molecule has 0 radical (unpaired) electrons. The summed E-state index contributed by atoms with van der Waals surface area (Å²) in [5, 5.41) is 35.9. The van der Waals surface area contributed by atoms with Crippen molar-refractivity contribution in [3.05, 3.63) is 95.4 Å². The van der Waals surface area contributed by atoms with E-state index in [-0.39, 0.29) is 59.7 Å². The third kappa shape index (κ3) is 13.9. The van der Waals surface area contributed by atoms with Gasteiger partial charge in [0.25, 0.3) is 0 Å². The number of aromatic hydroxyl groups is 3. The predicted octanol–water partition coefficient (Wildman–Crippen LogP) is 7.62. The molecule has 6 rings (SSSR count). The van der Waals surface area contributed by atoms with Crippen molar-refractivity contribution in [1.29, 1.82) is 0 Å². The largest absolute Gasteiger partial charge is 0.504 e. The number of unbranched alkanes of at least 4 members (excludes halogenated alkanes) is 2. The van der Waals surface area contributed by atoms with Gasteiger partial charge in [-0.05, 0) is 116 Å². The molecule has 2 aliphatic rings. The molecule has 6 atom stereocenters. The van der Waals surface area contributed by atoms with Gasteiger partial charge >= 0.3 is 5.97 Å². The number of aromatic nitrogens is 2. The molecule has 2 fully saturated rings. The number of nitrogens with zero attached hydrogens (tertiary/aromatic N) is 3. The lowest BCUT2D eigenvalue weighted by atomic mass is 9.83. The number of phenols is 3. The minimum absolute atomic E-state index is 0.0362. The third-order valence-corrected chi connectivity index (χ3v) is 11.7. The van der Waals surface area contributed by atoms with Gasteiger partial charge in [0, 0.05) is 63.8 Å². The third-order valence-electron chi connectivity index (χ3n) is 11.7. The Morgan fingerprint density at radius 3 is 2.60 bits per heavy atom. The maximum atomic E-state index is 12.3. The molecule has 334 valence electrons. The zero-order valence-electron chi connectivity index (χ0n) is 36.1. The lowest BCUT2D eigenvalue weighted by Crippen LogP contribution is -2.44. The second-order valence-electron chi connectivity index (χ2n) is 16.7. The molecule has 4 aromatic rings. The summed E-state index contributed by atoms with van der Waals surface area (Å²) in [6, 6.07) is 16.5. The second kappa shape index (κ2) is 22.9. The molecular weight excluding hydrogens is 789 g/mol. The highest BCUT2D eigenvalue weighted by atomic mass is 16.6. The van der Waals surface area contributed by atoms with E-state index in [2.05, 4.69) is 27.2 Å². The Kier molecular flexibility index (Phi) is 16.9. The fraction of sp³-hybridized carbons (Fsp3) is 0.500. The Morgan fingerprint density at radius 2 is 1.81 bits per heavy atom. The maximum Gasteiger partial charge on any atom is 0.302 e. The summed E-state index contributed by atoms with van der Waals surface area (Å²) in [5.41, 5.74) is 15.8. The Labute approximate surface area is 365 Å². The number of nitrogens with two attached hydrogens (primary N) is 2. The van der Waals surface area contributed by atoms with E-state index in [0.29, 0.717) is 55.3 Å². The van der Waals surface area contributed by atoms with Gasteiger partial charge in [0.1, 0.15) is 18.0 Å². The van der Waals surface area contributed by atoms with Crippen molar-refractivity contribution in [2.45, 2.75) is 134 Å². The van der Waals surface area contributed by atoms with Crippen LogP contribution in [0.3, 0.4) is 0 Å². The highest BCUT2D eigenvalue weighted by Gasteiger charge is 2.37. The number of guanidine groups is 1. The summed E-state index contributed by atoms with van der Waals surface area (Å²) < 4.78 is 25.2.